The second-order valence-electron chi connectivity index (χ2n) is 3.85. The third-order valence-corrected chi connectivity index (χ3v) is 3.65. The highest BCUT2D eigenvalue weighted by Gasteiger charge is 1.92. The maximum Gasteiger partial charge on any atom is 0.0406 e. The van der Waals surface area contributed by atoms with E-state index >= 15 is 0 Å². The second kappa shape index (κ2) is 10.6. The molecule has 0 fully saturated rings. The van der Waals surface area contributed by atoms with Crippen molar-refractivity contribution < 1.29 is 0 Å². The zero-order valence-electron chi connectivity index (χ0n) is 10.2. The van der Waals surface area contributed by atoms with Crippen LogP contribution in [0.25, 0.3) is 0 Å². The third-order valence-electron chi connectivity index (χ3n) is 2.14. The number of allylic oxidation sites excluding steroid dienone is 3. The first-order valence-corrected chi connectivity index (χ1v) is 7.34. The molecular formula is C13H23ClS. The molecule has 0 aliphatic heterocycles. The molecule has 0 aromatic carbocycles. The SMILES string of the molecule is CCCSCC(C)=CCCC(C)=CCCl. The van der Waals surface area contributed by atoms with Gasteiger partial charge in [0.1, 0.15) is 0 Å². The van der Waals surface area contributed by atoms with Crippen LogP contribution in [0.5, 0.6) is 0 Å². The smallest absolute Gasteiger partial charge is 0.0406 e. The van der Waals surface area contributed by atoms with Crippen LogP contribution in [0.4, 0.5) is 0 Å². The van der Waals surface area contributed by atoms with E-state index in [2.05, 4.69) is 32.9 Å². The summed E-state index contributed by atoms with van der Waals surface area (Å²) in [5.41, 5.74) is 2.90. The number of rotatable bonds is 8. The van der Waals surface area contributed by atoms with E-state index in [-0.39, 0.29) is 0 Å². The number of halogens is 1. The lowest BCUT2D eigenvalue weighted by atomic mass is 10.1. The van der Waals surface area contributed by atoms with Gasteiger partial charge in [0.2, 0.25) is 0 Å². The first kappa shape index (κ1) is 15.1. The van der Waals surface area contributed by atoms with Gasteiger partial charge in [0.25, 0.3) is 0 Å². The van der Waals surface area contributed by atoms with Crippen molar-refractivity contribution >= 4 is 23.4 Å². The van der Waals surface area contributed by atoms with Crippen molar-refractivity contribution in [1.82, 2.24) is 0 Å². The van der Waals surface area contributed by atoms with Crippen molar-refractivity contribution in [1.29, 1.82) is 0 Å². The summed E-state index contributed by atoms with van der Waals surface area (Å²) in [4.78, 5) is 0. The van der Waals surface area contributed by atoms with Gasteiger partial charge in [-0.1, -0.05) is 30.2 Å². The largest absolute Gasteiger partial charge is 0.158 e. The summed E-state index contributed by atoms with van der Waals surface area (Å²) in [6.07, 6.45) is 8.01. The highest BCUT2D eigenvalue weighted by atomic mass is 35.5. The Balaban J connectivity index is 3.62. The van der Waals surface area contributed by atoms with Gasteiger partial charge in [-0.3, -0.25) is 0 Å². The lowest BCUT2D eigenvalue weighted by Crippen LogP contribution is -1.85. The minimum absolute atomic E-state index is 0.640. The van der Waals surface area contributed by atoms with Crippen LogP contribution in [0, 0.1) is 0 Å². The van der Waals surface area contributed by atoms with Crippen LogP contribution in [-0.2, 0) is 0 Å². The second-order valence-corrected chi connectivity index (χ2v) is 5.26. The van der Waals surface area contributed by atoms with Crippen LogP contribution in [-0.4, -0.2) is 17.4 Å². The molecule has 0 saturated carbocycles. The van der Waals surface area contributed by atoms with Gasteiger partial charge >= 0.3 is 0 Å². The third kappa shape index (κ3) is 10.4. The Morgan fingerprint density at radius 3 is 2.53 bits per heavy atom. The maximum absolute atomic E-state index is 5.63. The molecule has 0 aromatic heterocycles. The molecule has 0 aliphatic rings. The fraction of sp³-hybridized carbons (Fsp3) is 0.692. The fourth-order valence-electron chi connectivity index (χ4n) is 1.22. The molecule has 0 unspecified atom stereocenters. The van der Waals surface area contributed by atoms with Gasteiger partial charge in [-0.05, 0) is 38.9 Å². The van der Waals surface area contributed by atoms with Crippen molar-refractivity contribution in [3.8, 4) is 0 Å². The van der Waals surface area contributed by atoms with Crippen molar-refractivity contribution in [3.63, 3.8) is 0 Å². The predicted octanol–water partition coefficient (Wildman–Crippen LogP) is 5.04. The Hall–Kier alpha value is 0.120. The fourth-order valence-corrected chi connectivity index (χ4v) is 2.35. The number of hydrogen-bond donors (Lipinski definition) is 0. The monoisotopic (exact) mass is 246 g/mol. The van der Waals surface area contributed by atoms with Gasteiger partial charge in [-0.2, -0.15) is 11.8 Å². The summed E-state index contributed by atoms with van der Waals surface area (Å²) < 4.78 is 0. The topological polar surface area (TPSA) is 0 Å². The molecule has 0 rings (SSSR count). The molecule has 0 aromatic rings. The van der Waals surface area contributed by atoms with E-state index in [4.69, 9.17) is 11.6 Å². The molecular weight excluding hydrogens is 224 g/mol. The van der Waals surface area contributed by atoms with E-state index in [1.807, 2.05) is 11.8 Å². The summed E-state index contributed by atoms with van der Waals surface area (Å²) in [5.74, 6) is 3.10. The number of thioether (sulfide) groups is 1. The van der Waals surface area contributed by atoms with Crippen LogP contribution in [0.2, 0.25) is 0 Å². The molecule has 0 amide bonds. The van der Waals surface area contributed by atoms with Gasteiger partial charge < -0.3 is 0 Å². The molecule has 0 N–H and O–H groups in total. The number of alkyl halides is 1. The Morgan fingerprint density at radius 1 is 1.20 bits per heavy atom. The first-order chi connectivity index (χ1) is 7.20. The zero-order chi connectivity index (χ0) is 11.5. The lowest BCUT2D eigenvalue weighted by molar-refractivity contribution is 0.964. The van der Waals surface area contributed by atoms with Gasteiger partial charge in [0, 0.05) is 11.6 Å². The standard InChI is InChI=1S/C13H23ClS/c1-4-10-15-11-13(3)7-5-6-12(2)8-9-14/h7-8H,4-6,9-11H2,1-3H3. The van der Waals surface area contributed by atoms with Crippen LogP contribution >= 0.6 is 23.4 Å². The lowest BCUT2D eigenvalue weighted by Gasteiger charge is -2.01. The average molecular weight is 247 g/mol. The summed E-state index contributed by atoms with van der Waals surface area (Å²) in [6.45, 7) is 6.60. The highest BCUT2D eigenvalue weighted by Crippen LogP contribution is 2.11. The molecule has 2 heteroatoms. The highest BCUT2D eigenvalue weighted by molar-refractivity contribution is 7.99. The summed E-state index contributed by atoms with van der Waals surface area (Å²) in [6, 6.07) is 0. The van der Waals surface area contributed by atoms with Crippen LogP contribution in [0.3, 0.4) is 0 Å². The van der Waals surface area contributed by atoms with E-state index in [9.17, 15) is 0 Å². The van der Waals surface area contributed by atoms with E-state index in [1.54, 1.807) is 0 Å². The van der Waals surface area contributed by atoms with Gasteiger partial charge in [-0.25, -0.2) is 0 Å². The summed E-state index contributed by atoms with van der Waals surface area (Å²) >= 11 is 7.65. The molecule has 0 saturated heterocycles. The van der Waals surface area contributed by atoms with E-state index in [0.717, 1.165) is 12.8 Å². The Morgan fingerprint density at radius 2 is 1.93 bits per heavy atom. The summed E-state index contributed by atoms with van der Waals surface area (Å²) in [7, 11) is 0. The van der Waals surface area contributed by atoms with Gasteiger partial charge in [0.15, 0.2) is 0 Å². The normalized spacial score (nSPS) is 13.3. The molecule has 0 atom stereocenters. The molecule has 0 bridgehead atoms. The predicted molar refractivity (Wildman–Crippen MR) is 75.1 cm³/mol. The Kier molecular flexibility index (Phi) is 10.7. The summed E-state index contributed by atoms with van der Waals surface area (Å²) in [5, 5.41) is 0. The van der Waals surface area contributed by atoms with Gasteiger partial charge in [-0.15, -0.1) is 11.6 Å². The minimum Gasteiger partial charge on any atom is -0.158 e. The number of hydrogen-bond acceptors (Lipinski definition) is 1. The van der Waals surface area contributed by atoms with Crippen LogP contribution in [0.15, 0.2) is 23.3 Å². The van der Waals surface area contributed by atoms with Gasteiger partial charge in [0.05, 0.1) is 0 Å². The zero-order valence-corrected chi connectivity index (χ0v) is 11.8. The molecule has 15 heavy (non-hydrogen) atoms. The van der Waals surface area contributed by atoms with E-state index < -0.39 is 0 Å². The molecule has 0 aliphatic carbocycles. The molecule has 88 valence electrons. The van der Waals surface area contributed by atoms with Crippen LogP contribution < -0.4 is 0 Å². The van der Waals surface area contributed by atoms with Crippen molar-refractivity contribution in [3.05, 3.63) is 23.3 Å². The maximum atomic E-state index is 5.63. The minimum atomic E-state index is 0.640. The Labute approximate surface area is 104 Å². The van der Waals surface area contributed by atoms with E-state index in [0.29, 0.717) is 5.88 Å². The van der Waals surface area contributed by atoms with Crippen molar-refractivity contribution in [2.45, 2.75) is 40.0 Å². The van der Waals surface area contributed by atoms with Crippen molar-refractivity contribution in [2.75, 3.05) is 17.4 Å². The van der Waals surface area contributed by atoms with Crippen molar-refractivity contribution in [2.24, 2.45) is 0 Å². The molecule has 0 heterocycles. The van der Waals surface area contributed by atoms with E-state index in [1.165, 1.54) is 29.1 Å². The first-order valence-electron chi connectivity index (χ1n) is 5.65. The Bertz CT molecular complexity index is 207. The molecule has 0 radical (unpaired) electrons. The average Bonchev–Trinajstić information content (AvgIpc) is 2.18. The molecule has 0 spiro atoms. The quantitative estimate of drug-likeness (QED) is 0.328. The van der Waals surface area contributed by atoms with Crippen LogP contribution in [0.1, 0.15) is 40.0 Å². The molecule has 0 nitrogen and oxygen atoms in total.